The van der Waals surface area contributed by atoms with Gasteiger partial charge in [-0.2, -0.15) is 0 Å². The van der Waals surface area contributed by atoms with Gasteiger partial charge in [-0.05, 0) is 56.2 Å². The van der Waals surface area contributed by atoms with Crippen LogP contribution < -0.4 is 4.74 Å². The molecule has 0 spiro atoms. The molecule has 1 amide bonds. The van der Waals surface area contributed by atoms with E-state index in [9.17, 15) is 4.79 Å². The largest absolute Gasteiger partial charge is 0.481 e. The van der Waals surface area contributed by atoms with E-state index < -0.39 is 6.10 Å². The summed E-state index contributed by atoms with van der Waals surface area (Å²) in [5.41, 5.74) is 0.857. The van der Waals surface area contributed by atoms with Crippen LogP contribution in [-0.4, -0.2) is 44.6 Å². The number of hydrogen-bond donors (Lipinski definition) is 0. The van der Waals surface area contributed by atoms with Gasteiger partial charge in [0, 0.05) is 30.2 Å². The van der Waals surface area contributed by atoms with Crippen LogP contribution in [0, 0.1) is 0 Å². The number of pyridine rings is 1. The first-order valence-corrected chi connectivity index (χ1v) is 9.50. The molecular weight excluding hydrogens is 364 g/mol. The summed E-state index contributed by atoms with van der Waals surface area (Å²) in [6, 6.07) is 12.9. The lowest BCUT2D eigenvalue weighted by atomic mass is 9.95. The van der Waals surface area contributed by atoms with Crippen LogP contribution >= 0.6 is 11.6 Å². The summed E-state index contributed by atoms with van der Waals surface area (Å²) in [6.07, 6.45) is 3.20. The lowest BCUT2D eigenvalue weighted by Gasteiger charge is -2.32. The molecule has 1 saturated heterocycles. The molecule has 0 radical (unpaired) electrons. The molecule has 0 bridgehead atoms. The Morgan fingerprint density at radius 1 is 1.15 bits per heavy atom. The molecule has 0 saturated carbocycles. The first kappa shape index (κ1) is 17.8. The number of nitrogens with zero attached hydrogens (tertiary/aromatic N) is 4. The molecule has 1 unspecified atom stereocenters. The Kier molecular flexibility index (Phi) is 4.99. The fourth-order valence-corrected chi connectivity index (χ4v) is 3.65. The van der Waals surface area contributed by atoms with E-state index in [1.165, 1.54) is 0 Å². The number of ether oxygens (including phenoxy) is 1. The van der Waals surface area contributed by atoms with E-state index >= 15 is 0 Å². The summed E-state index contributed by atoms with van der Waals surface area (Å²) >= 11 is 5.88. The van der Waals surface area contributed by atoms with Gasteiger partial charge < -0.3 is 9.64 Å². The third kappa shape index (κ3) is 3.76. The first-order chi connectivity index (χ1) is 13.1. The predicted octanol–water partition coefficient (Wildman–Crippen LogP) is 3.56. The van der Waals surface area contributed by atoms with Crippen molar-refractivity contribution in [2.45, 2.75) is 31.8 Å². The standard InChI is InChI=1S/C20H21ClN4O2/c1-14(27-17-7-5-16(21)6-8-17)20(26)24-12-9-15(10-13-24)19-23-22-18-4-2-3-11-25(18)19/h2-8,11,14-15H,9-10,12-13H2,1H3. The van der Waals surface area contributed by atoms with E-state index in [-0.39, 0.29) is 5.91 Å². The van der Waals surface area contributed by atoms with Gasteiger partial charge in [0.05, 0.1) is 0 Å². The topological polar surface area (TPSA) is 59.7 Å². The zero-order valence-electron chi connectivity index (χ0n) is 15.1. The number of aromatic nitrogens is 3. The Morgan fingerprint density at radius 2 is 1.89 bits per heavy atom. The SMILES string of the molecule is CC(Oc1ccc(Cl)cc1)C(=O)N1CCC(c2nnc3ccccn23)CC1. The maximum absolute atomic E-state index is 12.7. The molecule has 7 heteroatoms. The van der Waals surface area contributed by atoms with Crippen molar-refractivity contribution in [3.05, 3.63) is 59.5 Å². The van der Waals surface area contributed by atoms with E-state index in [0.29, 0.717) is 29.8 Å². The van der Waals surface area contributed by atoms with Gasteiger partial charge in [0.1, 0.15) is 11.6 Å². The molecule has 0 N–H and O–H groups in total. The van der Waals surface area contributed by atoms with Crippen molar-refractivity contribution in [2.75, 3.05) is 13.1 Å². The molecule has 2 aromatic heterocycles. The Bertz CT molecular complexity index is 933. The third-order valence-electron chi connectivity index (χ3n) is 4.99. The Morgan fingerprint density at radius 3 is 2.63 bits per heavy atom. The van der Waals surface area contributed by atoms with E-state index in [4.69, 9.17) is 16.3 Å². The Hall–Kier alpha value is -2.60. The van der Waals surface area contributed by atoms with Gasteiger partial charge in [-0.15, -0.1) is 10.2 Å². The number of carbonyl (C=O) groups is 1. The van der Waals surface area contributed by atoms with Gasteiger partial charge in [0.2, 0.25) is 0 Å². The molecule has 0 aliphatic carbocycles. The summed E-state index contributed by atoms with van der Waals surface area (Å²) in [5.74, 6) is 1.93. The van der Waals surface area contributed by atoms with Gasteiger partial charge >= 0.3 is 0 Å². The monoisotopic (exact) mass is 384 g/mol. The van der Waals surface area contributed by atoms with Crippen molar-refractivity contribution < 1.29 is 9.53 Å². The lowest BCUT2D eigenvalue weighted by molar-refractivity contribution is -0.139. The molecule has 1 aliphatic rings. The average molecular weight is 385 g/mol. The molecule has 1 aliphatic heterocycles. The van der Waals surface area contributed by atoms with Crippen LogP contribution in [0.3, 0.4) is 0 Å². The number of amides is 1. The number of piperidine rings is 1. The maximum atomic E-state index is 12.7. The van der Waals surface area contributed by atoms with Gasteiger partial charge in [-0.3, -0.25) is 9.20 Å². The van der Waals surface area contributed by atoms with E-state index in [1.807, 2.05) is 33.7 Å². The van der Waals surface area contributed by atoms with Crippen LogP contribution in [0.1, 0.15) is 31.5 Å². The third-order valence-corrected chi connectivity index (χ3v) is 5.24. The minimum Gasteiger partial charge on any atom is -0.481 e. The predicted molar refractivity (Wildman–Crippen MR) is 103 cm³/mol. The normalized spacial score (nSPS) is 16.4. The van der Waals surface area contributed by atoms with Crippen molar-refractivity contribution in [1.82, 2.24) is 19.5 Å². The van der Waals surface area contributed by atoms with Crippen LogP contribution in [0.15, 0.2) is 48.7 Å². The minimum atomic E-state index is -0.531. The molecular formula is C20H21ClN4O2. The van der Waals surface area contributed by atoms with Crippen LogP contribution in [-0.2, 0) is 4.79 Å². The smallest absolute Gasteiger partial charge is 0.263 e. The zero-order chi connectivity index (χ0) is 18.8. The summed E-state index contributed by atoms with van der Waals surface area (Å²) in [5, 5.41) is 9.24. The second-order valence-electron chi connectivity index (χ2n) is 6.80. The van der Waals surface area contributed by atoms with Gasteiger partial charge in [-0.25, -0.2) is 0 Å². The van der Waals surface area contributed by atoms with Crippen molar-refractivity contribution in [3.63, 3.8) is 0 Å². The molecule has 3 heterocycles. The number of rotatable bonds is 4. The Labute approximate surface area is 162 Å². The van der Waals surface area contributed by atoms with Crippen molar-refractivity contribution >= 4 is 23.2 Å². The lowest BCUT2D eigenvalue weighted by Crippen LogP contribution is -2.44. The minimum absolute atomic E-state index is 0.00880. The second kappa shape index (κ2) is 7.56. The highest BCUT2D eigenvalue weighted by Gasteiger charge is 2.29. The zero-order valence-corrected chi connectivity index (χ0v) is 15.8. The van der Waals surface area contributed by atoms with Crippen LogP contribution in [0.2, 0.25) is 5.02 Å². The molecule has 6 nitrogen and oxygen atoms in total. The molecule has 1 atom stereocenters. The highest BCUT2D eigenvalue weighted by atomic mass is 35.5. The van der Waals surface area contributed by atoms with Gasteiger partial charge in [0.25, 0.3) is 5.91 Å². The second-order valence-corrected chi connectivity index (χ2v) is 7.24. The maximum Gasteiger partial charge on any atom is 0.263 e. The average Bonchev–Trinajstić information content (AvgIpc) is 3.13. The first-order valence-electron chi connectivity index (χ1n) is 9.12. The van der Waals surface area contributed by atoms with Gasteiger partial charge in [-0.1, -0.05) is 17.7 Å². The summed E-state index contributed by atoms with van der Waals surface area (Å²) in [6.45, 7) is 3.17. The molecule has 1 fully saturated rings. The highest BCUT2D eigenvalue weighted by molar-refractivity contribution is 6.30. The molecule has 3 aromatic rings. The number of halogens is 1. The van der Waals surface area contributed by atoms with Crippen LogP contribution in [0.25, 0.3) is 5.65 Å². The fourth-order valence-electron chi connectivity index (χ4n) is 3.52. The number of carbonyl (C=O) groups excluding carboxylic acids is 1. The Balaban J connectivity index is 1.37. The van der Waals surface area contributed by atoms with E-state index in [2.05, 4.69) is 10.2 Å². The van der Waals surface area contributed by atoms with Gasteiger partial charge in [0.15, 0.2) is 11.8 Å². The number of benzene rings is 1. The molecule has 1 aromatic carbocycles. The molecule has 140 valence electrons. The highest BCUT2D eigenvalue weighted by Crippen LogP contribution is 2.27. The number of likely N-dealkylation sites (tertiary alicyclic amines) is 1. The van der Waals surface area contributed by atoms with Crippen molar-refractivity contribution in [3.8, 4) is 5.75 Å². The van der Waals surface area contributed by atoms with Crippen LogP contribution in [0.4, 0.5) is 0 Å². The quantitative estimate of drug-likeness (QED) is 0.690. The van der Waals surface area contributed by atoms with E-state index in [0.717, 1.165) is 24.3 Å². The van der Waals surface area contributed by atoms with E-state index in [1.54, 1.807) is 31.2 Å². The fraction of sp³-hybridized carbons (Fsp3) is 0.350. The number of fused-ring (bicyclic) bond motifs is 1. The molecule has 4 rings (SSSR count). The summed E-state index contributed by atoms with van der Waals surface area (Å²) in [4.78, 5) is 14.6. The summed E-state index contributed by atoms with van der Waals surface area (Å²) < 4.78 is 7.80. The van der Waals surface area contributed by atoms with Crippen molar-refractivity contribution in [1.29, 1.82) is 0 Å². The molecule has 27 heavy (non-hydrogen) atoms. The van der Waals surface area contributed by atoms with Crippen molar-refractivity contribution in [2.24, 2.45) is 0 Å². The summed E-state index contributed by atoms with van der Waals surface area (Å²) in [7, 11) is 0. The van der Waals surface area contributed by atoms with Crippen LogP contribution in [0.5, 0.6) is 5.75 Å². The number of hydrogen-bond acceptors (Lipinski definition) is 4.